The molecular weight excluding hydrogens is 799 g/mol. The molecule has 2 aromatic carbocycles. The number of methoxy groups -OCH3 is 1. The third-order valence-electron chi connectivity index (χ3n) is 10.6. The van der Waals surface area contributed by atoms with Crippen LogP contribution in [0.4, 0.5) is 4.79 Å². The summed E-state index contributed by atoms with van der Waals surface area (Å²) in [6.07, 6.45) is 5.56. The van der Waals surface area contributed by atoms with Gasteiger partial charge in [0.15, 0.2) is 0 Å². The van der Waals surface area contributed by atoms with Gasteiger partial charge in [0.1, 0.15) is 26.8 Å². The highest BCUT2D eigenvalue weighted by atomic mass is 35.5. The van der Waals surface area contributed by atoms with Crippen LogP contribution in [-0.2, 0) is 39.5 Å². The zero-order chi connectivity index (χ0) is 41.4. The number of fused-ring (bicyclic) bond motifs is 1. The highest BCUT2D eigenvalue weighted by molar-refractivity contribution is 7.91. The number of amides is 2. The third kappa shape index (κ3) is 9.28. The molecule has 2 amide bonds. The predicted molar refractivity (Wildman–Crippen MR) is 228 cm³/mol. The van der Waals surface area contributed by atoms with Crippen molar-refractivity contribution in [2.45, 2.75) is 77.2 Å². The average molecular weight is 848 g/mol. The first-order chi connectivity index (χ1) is 27.6. The van der Waals surface area contributed by atoms with Crippen LogP contribution < -0.4 is 15.4 Å². The molecule has 3 aromatic heterocycles. The molecule has 0 bridgehead atoms. The molecule has 5 aromatic rings. The fraction of sp³-hybridized carbons (Fsp3) is 0.395. The number of carbonyl (C=O) groups excluding carboxylic acids is 2. The van der Waals surface area contributed by atoms with Gasteiger partial charge in [0.05, 0.1) is 46.6 Å². The van der Waals surface area contributed by atoms with E-state index in [4.69, 9.17) is 37.7 Å². The number of ether oxygens (including phenoxy) is 2. The summed E-state index contributed by atoms with van der Waals surface area (Å²) in [4.78, 5) is 36.5. The van der Waals surface area contributed by atoms with E-state index >= 15 is 0 Å². The summed E-state index contributed by atoms with van der Waals surface area (Å²) in [5, 5.41) is 8.39. The first-order valence-corrected chi connectivity index (χ1v) is 21.9. The lowest BCUT2D eigenvalue weighted by molar-refractivity contribution is -0.119. The number of hydrogen-bond acceptors (Lipinski definition) is 9. The van der Waals surface area contributed by atoms with Gasteiger partial charge in [-0.3, -0.25) is 9.78 Å². The van der Waals surface area contributed by atoms with Crippen molar-refractivity contribution in [2.24, 2.45) is 7.05 Å². The summed E-state index contributed by atoms with van der Waals surface area (Å²) in [5.74, 6) is 0.955. The number of hydrogen-bond donors (Lipinski definition) is 2. The Kier molecular flexibility index (Phi) is 12.1. The summed E-state index contributed by atoms with van der Waals surface area (Å²) < 4.78 is 37.3. The molecule has 58 heavy (non-hydrogen) atoms. The Morgan fingerprint density at radius 3 is 2.45 bits per heavy atom. The van der Waals surface area contributed by atoms with Crippen LogP contribution in [0.2, 0.25) is 10.0 Å². The molecule has 2 N–H and O–H groups in total. The van der Waals surface area contributed by atoms with Gasteiger partial charge in [-0.15, -0.1) is 0 Å². The summed E-state index contributed by atoms with van der Waals surface area (Å²) in [6, 6.07) is 17.2. The van der Waals surface area contributed by atoms with Crippen molar-refractivity contribution in [3.8, 4) is 39.4 Å². The fourth-order valence-electron chi connectivity index (χ4n) is 7.60. The minimum atomic E-state index is -2.92. The first kappa shape index (κ1) is 41.5. The number of pyridine rings is 2. The van der Waals surface area contributed by atoms with E-state index in [9.17, 15) is 18.0 Å². The highest BCUT2D eigenvalue weighted by Crippen LogP contribution is 2.42. The molecule has 1 atom stereocenters. The number of benzene rings is 2. The minimum absolute atomic E-state index is 0.0291. The van der Waals surface area contributed by atoms with Crippen LogP contribution in [0.5, 0.6) is 5.75 Å². The van der Waals surface area contributed by atoms with Crippen LogP contribution in [0.15, 0.2) is 67.0 Å². The molecule has 0 spiro atoms. The quantitative estimate of drug-likeness (QED) is 0.135. The van der Waals surface area contributed by atoms with Gasteiger partial charge in [-0.05, 0) is 69.9 Å². The smallest absolute Gasteiger partial charge is 0.410 e. The predicted octanol–water partition coefficient (Wildman–Crippen LogP) is 7.97. The molecule has 0 unspecified atom stereocenters. The maximum absolute atomic E-state index is 13.3. The Bertz CT molecular complexity index is 2470. The summed E-state index contributed by atoms with van der Waals surface area (Å²) in [6.45, 7) is 6.56. The Balaban J connectivity index is 1.13. The lowest BCUT2D eigenvalue weighted by Gasteiger charge is -2.29. The number of carbonyl (C=O) groups is 2. The highest BCUT2D eigenvalue weighted by Gasteiger charge is 2.30. The summed E-state index contributed by atoms with van der Waals surface area (Å²) >= 11 is 14.3. The Hall–Kier alpha value is -4.69. The van der Waals surface area contributed by atoms with E-state index in [1.165, 1.54) is 0 Å². The standard InChI is InChI=1S/C43H48Cl2N6O6S/c1-43(2,3)57-42(53)51(25-30-11-14-37(52)48-30)24-27-10-9-26(21-36(27)56-5)40-39(45)33(15-18-46-40)32-7-6-8-34(38(32)44)35-13-12-31-28(23-50(4)41(31)49-35)22-47-29-16-19-58(54,55)20-17-29/h6-10,12-13,15,18,21,23,29-30,47H,11,14,16-17,19-20,22,24-25H2,1-5H3,(H,48,52)/t30-/m0/s1. The van der Waals surface area contributed by atoms with Gasteiger partial charge in [-0.1, -0.05) is 53.5 Å². The molecule has 15 heteroatoms. The lowest BCUT2D eigenvalue weighted by Crippen LogP contribution is -2.43. The van der Waals surface area contributed by atoms with Crippen molar-refractivity contribution >= 4 is 56.1 Å². The van der Waals surface area contributed by atoms with Crippen LogP contribution >= 0.6 is 23.2 Å². The molecule has 0 radical (unpaired) electrons. The number of aryl methyl sites for hydroxylation is 1. The van der Waals surface area contributed by atoms with Crippen LogP contribution in [0.1, 0.15) is 57.6 Å². The number of rotatable bonds is 11. The van der Waals surface area contributed by atoms with Gasteiger partial charge in [-0.25, -0.2) is 18.2 Å². The number of nitrogens with one attached hydrogen (secondary N) is 2. The average Bonchev–Trinajstić information content (AvgIpc) is 3.74. The molecule has 2 aliphatic heterocycles. The van der Waals surface area contributed by atoms with Gasteiger partial charge >= 0.3 is 6.09 Å². The molecular formula is C43H48Cl2N6O6S. The molecule has 0 aliphatic carbocycles. The number of halogens is 2. The first-order valence-electron chi connectivity index (χ1n) is 19.4. The van der Waals surface area contributed by atoms with E-state index in [0.717, 1.165) is 33.3 Å². The zero-order valence-corrected chi connectivity index (χ0v) is 35.6. The maximum atomic E-state index is 13.3. The van der Waals surface area contributed by atoms with E-state index in [1.807, 2.05) is 80.9 Å². The second-order valence-electron chi connectivity index (χ2n) is 16.0. The van der Waals surface area contributed by atoms with Crippen LogP contribution in [0, 0.1) is 0 Å². The summed E-state index contributed by atoms with van der Waals surface area (Å²) in [5.41, 5.74) is 6.06. The van der Waals surface area contributed by atoms with Crippen molar-refractivity contribution in [3.63, 3.8) is 0 Å². The van der Waals surface area contributed by atoms with E-state index < -0.39 is 21.5 Å². The van der Waals surface area contributed by atoms with Gasteiger partial charge in [-0.2, -0.15) is 0 Å². The minimum Gasteiger partial charge on any atom is -0.496 e. The SMILES string of the molecule is COc1cc(-c2nccc(-c3cccc(-c4ccc5c(CNC6CCS(=O)(=O)CC6)cn(C)c5n4)c3Cl)c2Cl)ccc1CN(C[C@@H]1CCC(=O)N1)C(=O)OC(C)(C)C. The van der Waals surface area contributed by atoms with E-state index in [1.54, 1.807) is 18.2 Å². The van der Waals surface area contributed by atoms with Crippen molar-refractivity contribution in [2.75, 3.05) is 25.2 Å². The van der Waals surface area contributed by atoms with Gasteiger partial charge in [0, 0.05) is 84.2 Å². The van der Waals surface area contributed by atoms with Gasteiger partial charge in [0.2, 0.25) is 5.91 Å². The molecule has 12 nitrogen and oxygen atoms in total. The number of aromatic nitrogens is 3. The van der Waals surface area contributed by atoms with E-state index in [-0.39, 0.29) is 36.0 Å². The number of sulfone groups is 1. The molecule has 7 rings (SSSR count). The Morgan fingerprint density at radius 1 is 1.00 bits per heavy atom. The maximum Gasteiger partial charge on any atom is 0.410 e. The van der Waals surface area contributed by atoms with Gasteiger partial charge < -0.3 is 29.6 Å². The molecule has 0 saturated carbocycles. The molecule has 2 saturated heterocycles. The largest absolute Gasteiger partial charge is 0.496 e. The summed E-state index contributed by atoms with van der Waals surface area (Å²) in [7, 11) is 0.608. The second kappa shape index (κ2) is 16.9. The normalized spacial score (nSPS) is 17.0. The van der Waals surface area contributed by atoms with Crippen LogP contribution in [-0.4, -0.2) is 82.7 Å². The van der Waals surface area contributed by atoms with Crippen LogP contribution in [0.25, 0.3) is 44.7 Å². The van der Waals surface area contributed by atoms with Gasteiger partial charge in [0.25, 0.3) is 0 Å². The van der Waals surface area contributed by atoms with Crippen molar-refractivity contribution < 1.29 is 27.5 Å². The monoisotopic (exact) mass is 846 g/mol. The Morgan fingerprint density at radius 2 is 1.74 bits per heavy atom. The fourth-order valence-corrected chi connectivity index (χ4v) is 9.74. The van der Waals surface area contributed by atoms with Crippen molar-refractivity contribution in [3.05, 3.63) is 88.2 Å². The van der Waals surface area contributed by atoms with Crippen LogP contribution in [0.3, 0.4) is 0 Å². The second-order valence-corrected chi connectivity index (χ2v) is 19.1. The van der Waals surface area contributed by atoms with E-state index in [2.05, 4.69) is 27.9 Å². The lowest BCUT2D eigenvalue weighted by atomic mass is 9.99. The molecule has 2 aliphatic rings. The Labute approximate surface area is 349 Å². The number of nitrogens with zero attached hydrogens (tertiary/aromatic N) is 4. The zero-order valence-electron chi connectivity index (χ0n) is 33.3. The third-order valence-corrected chi connectivity index (χ3v) is 13.1. The van der Waals surface area contributed by atoms with Crippen molar-refractivity contribution in [1.29, 1.82) is 0 Å². The van der Waals surface area contributed by atoms with E-state index in [0.29, 0.717) is 77.1 Å². The molecule has 306 valence electrons. The molecule has 2 fully saturated rings. The van der Waals surface area contributed by atoms with Crippen molar-refractivity contribution in [1.82, 2.24) is 30.1 Å². The molecule has 5 heterocycles. The topological polar surface area (TPSA) is 145 Å².